The molecule has 0 aliphatic rings. The molecule has 0 saturated heterocycles. The van der Waals surface area contributed by atoms with Gasteiger partial charge in [0.05, 0.1) is 20.4 Å². The van der Waals surface area contributed by atoms with E-state index >= 15 is 0 Å². The van der Waals surface area contributed by atoms with Crippen molar-refractivity contribution >= 4 is 28.1 Å². The number of nitrogens with one attached hydrogen (secondary N) is 1. The molecule has 2 aromatic rings. The van der Waals surface area contributed by atoms with E-state index in [0.717, 1.165) is 4.47 Å². The lowest BCUT2D eigenvalue weighted by Gasteiger charge is -2.07. The number of carbonyl (C=O) groups is 1. The van der Waals surface area contributed by atoms with E-state index in [2.05, 4.69) is 26.5 Å². The normalized spacial score (nSPS) is 10.6. The van der Waals surface area contributed by atoms with Crippen LogP contribution >= 0.6 is 15.9 Å². The fourth-order valence-electron chi connectivity index (χ4n) is 1.82. The number of amides is 1. The third-order valence-corrected chi connectivity index (χ3v) is 3.47. The highest BCUT2D eigenvalue weighted by molar-refractivity contribution is 9.10. The van der Waals surface area contributed by atoms with E-state index in [0.29, 0.717) is 22.6 Å². The van der Waals surface area contributed by atoms with E-state index in [-0.39, 0.29) is 11.7 Å². The van der Waals surface area contributed by atoms with Gasteiger partial charge in [-0.25, -0.2) is 5.43 Å². The molecule has 2 rings (SSSR count). The maximum atomic E-state index is 11.9. The molecular weight excluding hydrogens is 364 g/mol. The maximum Gasteiger partial charge on any atom is 0.271 e. The number of nitrogens with zero attached hydrogens (tertiary/aromatic N) is 1. The van der Waals surface area contributed by atoms with Gasteiger partial charge in [-0.2, -0.15) is 5.10 Å². The molecule has 0 unspecified atom stereocenters. The molecule has 0 fully saturated rings. The number of hydrogen-bond donors (Lipinski definition) is 2. The fraction of sp³-hybridized carbons (Fsp3) is 0.125. The average Bonchev–Trinajstić information content (AvgIpc) is 2.57. The first-order valence-electron chi connectivity index (χ1n) is 6.59. The number of halogens is 1. The van der Waals surface area contributed by atoms with Crippen molar-refractivity contribution < 1.29 is 19.4 Å². The highest BCUT2D eigenvalue weighted by Crippen LogP contribution is 2.32. The molecule has 0 atom stereocenters. The average molecular weight is 379 g/mol. The lowest BCUT2D eigenvalue weighted by molar-refractivity contribution is 0.0955. The van der Waals surface area contributed by atoms with Crippen molar-refractivity contribution in [3.63, 3.8) is 0 Å². The number of aromatic hydroxyl groups is 1. The van der Waals surface area contributed by atoms with Crippen molar-refractivity contribution in [2.24, 2.45) is 5.10 Å². The number of phenolic OH excluding ortho intramolecular Hbond substituents is 1. The Morgan fingerprint density at radius 1 is 1.22 bits per heavy atom. The minimum atomic E-state index is -0.370. The zero-order valence-corrected chi connectivity index (χ0v) is 14.1. The van der Waals surface area contributed by atoms with E-state index in [1.54, 1.807) is 43.5 Å². The SMILES string of the molecule is COc1ccc(C(=O)N/N=C/c2cc(Br)cc(OC)c2O)cc1. The number of benzene rings is 2. The Labute approximate surface area is 141 Å². The summed E-state index contributed by atoms with van der Waals surface area (Å²) in [5, 5.41) is 13.8. The van der Waals surface area contributed by atoms with Gasteiger partial charge in [-0.05, 0) is 36.4 Å². The zero-order valence-electron chi connectivity index (χ0n) is 12.5. The smallest absolute Gasteiger partial charge is 0.271 e. The van der Waals surface area contributed by atoms with Crippen molar-refractivity contribution in [2.45, 2.75) is 0 Å². The quantitative estimate of drug-likeness (QED) is 0.619. The third-order valence-electron chi connectivity index (χ3n) is 3.01. The van der Waals surface area contributed by atoms with E-state index in [1.165, 1.54) is 13.3 Å². The second-order valence-electron chi connectivity index (χ2n) is 4.47. The molecule has 1 amide bonds. The van der Waals surface area contributed by atoms with Gasteiger partial charge < -0.3 is 14.6 Å². The minimum absolute atomic E-state index is 0.0573. The Kier molecular flexibility index (Phi) is 5.59. The standard InChI is InChI=1S/C16H15BrN2O4/c1-22-13-5-3-10(4-6-13)16(21)19-18-9-11-7-12(17)8-14(23-2)15(11)20/h3-9,20H,1-2H3,(H,19,21)/b18-9+. The molecule has 0 aromatic heterocycles. The number of hydrazone groups is 1. The van der Waals surface area contributed by atoms with Gasteiger partial charge in [0.1, 0.15) is 5.75 Å². The summed E-state index contributed by atoms with van der Waals surface area (Å²) in [5.74, 6) is 0.544. The number of rotatable bonds is 5. The summed E-state index contributed by atoms with van der Waals surface area (Å²) in [6, 6.07) is 9.91. The lowest BCUT2D eigenvalue weighted by atomic mass is 10.2. The molecule has 0 aliphatic heterocycles. The van der Waals surface area contributed by atoms with E-state index < -0.39 is 0 Å². The monoisotopic (exact) mass is 378 g/mol. The first kappa shape index (κ1) is 16.8. The largest absolute Gasteiger partial charge is 0.504 e. The van der Waals surface area contributed by atoms with Crippen LogP contribution < -0.4 is 14.9 Å². The van der Waals surface area contributed by atoms with Crippen LogP contribution in [0.1, 0.15) is 15.9 Å². The van der Waals surface area contributed by atoms with Crippen molar-refractivity contribution in [1.82, 2.24) is 5.43 Å². The van der Waals surface area contributed by atoms with Crippen LogP contribution in [0.15, 0.2) is 46.0 Å². The molecule has 7 heteroatoms. The second-order valence-corrected chi connectivity index (χ2v) is 5.39. The van der Waals surface area contributed by atoms with Crippen LogP contribution in [0.3, 0.4) is 0 Å². The van der Waals surface area contributed by atoms with E-state index in [1.807, 2.05) is 0 Å². The summed E-state index contributed by atoms with van der Waals surface area (Å²) in [6.07, 6.45) is 1.34. The molecule has 0 saturated carbocycles. The van der Waals surface area contributed by atoms with Crippen molar-refractivity contribution in [3.05, 3.63) is 52.0 Å². The molecule has 2 aromatic carbocycles. The first-order valence-corrected chi connectivity index (χ1v) is 7.38. The number of methoxy groups -OCH3 is 2. The van der Waals surface area contributed by atoms with Crippen molar-refractivity contribution in [1.29, 1.82) is 0 Å². The van der Waals surface area contributed by atoms with Crippen LogP contribution in [-0.2, 0) is 0 Å². The van der Waals surface area contributed by atoms with Crippen LogP contribution in [-0.4, -0.2) is 31.4 Å². The summed E-state index contributed by atoms with van der Waals surface area (Å²) < 4.78 is 10.8. The topological polar surface area (TPSA) is 80.2 Å². The van der Waals surface area contributed by atoms with Gasteiger partial charge in [0.2, 0.25) is 0 Å². The van der Waals surface area contributed by atoms with E-state index in [9.17, 15) is 9.90 Å². The van der Waals surface area contributed by atoms with Crippen LogP contribution in [0.2, 0.25) is 0 Å². The predicted octanol–water partition coefficient (Wildman–Crippen LogP) is 2.94. The Morgan fingerprint density at radius 2 is 1.91 bits per heavy atom. The summed E-state index contributed by atoms with van der Waals surface area (Å²) in [6.45, 7) is 0. The Balaban J connectivity index is 2.09. The minimum Gasteiger partial charge on any atom is -0.504 e. The molecule has 0 bridgehead atoms. The molecule has 120 valence electrons. The highest BCUT2D eigenvalue weighted by atomic mass is 79.9. The molecule has 23 heavy (non-hydrogen) atoms. The van der Waals surface area contributed by atoms with Crippen molar-refractivity contribution in [3.8, 4) is 17.2 Å². The lowest BCUT2D eigenvalue weighted by Crippen LogP contribution is -2.17. The van der Waals surface area contributed by atoms with Crippen LogP contribution in [0.4, 0.5) is 0 Å². The Bertz CT molecular complexity index is 730. The van der Waals surface area contributed by atoms with Gasteiger partial charge in [-0.3, -0.25) is 4.79 Å². The second kappa shape index (κ2) is 7.64. The molecular formula is C16H15BrN2O4. The number of ether oxygens (including phenoxy) is 2. The summed E-state index contributed by atoms with van der Waals surface area (Å²) >= 11 is 3.31. The molecule has 0 heterocycles. The fourth-order valence-corrected chi connectivity index (χ4v) is 2.27. The van der Waals surface area contributed by atoms with Crippen LogP contribution in [0.25, 0.3) is 0 Å². The predicted molar refractivity (Wildman–Crippen MR) is 90.4 cm³/mol. The Morgan fingerprint density at radius 3 is 2.52 bits per heavy atom. The molecule has 0 aliphatic carbocycles. The molecule has 0 radical (unpaired) electrons. The van der Waals surface area contributed by atoms with Crippen molar-refractivity contribution in [2.75, 3.05) is 14.2 Å². The summed E-state index contributed by atoms with van der Waals surface area (Å²) in [7, 11) is 3.01. The number of hydrogen-bond acceptors (Lipinski definition) is 5. The van der Waals surface area contributed by atoms with Crippen LogP contribution in [0, 0.1) is 0 Å². The third kappa shape index (κ3) is 4.23. The maximum absolute atomic E-state index is 11.9. The summed E-state index contributed by atoms with van der Waals surface area (Å²) in [4.78, 5) is 11.9. The van der Waals surface area contributed by atoms with Gasteiger partial charge in [0, 0.05) is 15.6 Å². The van der Waals surface area contributed by atoms with Gasteiger partial charge in [-0.1, -0.05) is 15.9 Å². The summed E-state index contributed by atoms with van der Waals surface area (Å²) in [5.41, 5.74) is 3.24. The zero-order chi connectivity index (χ0) is 16.8. The number of carbonyl (C=O) groups excluding carboxylic acids is 1. The Hall–Kier alpha value is -2.54. The molecule has 0 spiro atoms. The molecule has 6 nitrogen and oxygen atoms in total. The van der Waals surface area contributed by atoms with Gasteiger partial charge >= 0.3 is 0 Å². The van der Waals surface area contributed by atoms with Gasteiger partial charge in [0.25, 0.3) is 5.91 Å². The van der Waals surface area contributed by atoms with Gasteiger partial charge in [0.15, 0.2) is 11.5 Å². The number of phenols is 1. The first-order chi connectivity index (χ1) is 11.0. The highest BCUT2D eigenvalue weighted by Gasteiger charge is 2.08. The van der Waals surface area contributed by atoms with Crippen LogP contribution in [0.5, 0.6) is 17.2 Å². The molecule has 2 N–H and O–H groups in total. The van der Waals surface area contributed by atoms with Gasteiger partial charge in [-0.15, -0.1) is 0 Å². The van der Waals surface area contributed by atoms with E-state index in [4.69, 9.17) is 9.47 Å².